The van der Waals surface area contributed by atoms with Crippen molar-refractivity contribution in [2.24, 2.45) is 0 Å². The standard InChI is InChI=1S/C7H12O5S.Na/c8-4-1-2-5-12-6-3-7-13(9,10)11;/h8H,3-7H2,(H,9,10,11);/q;+1/p-1. The third kappa shape index (κ3) is 14.9. The van der Waals surface area contributed by atoms with E-state index in [1.54, 1.807) is 0 Å². The van der Waals surface area contributed by atoms with E-state index in [2.05, 4.69) is 11.8 Å². The van der Waals surface area contributed by atoms with Crippen molar-refractivity contribution in [2.45, 2.75) is 6.42 Å². The predicted molar refractivity (Wildman–Crippen MR) is 44.9 cm³/mol. The van der Waals surface area contributed by atoms with Gasteiger partial charge in [0.05, 0.1) is 10.1 Å². The van der Waals surface area contributed by atoms with Gasteiger partial charge in [0.2, 0.25) is 0 Å². The van der Waals surface area contributed by atoms with Crippen molar-refractivity contribution in [3.05, 3.63) is 0 Å². The van der Waals surface area contributed by atoms with Crippen LogP contribution in [0.2, 0.25) is 0 Å². The van der Waals surface area contributed by atoms with E-state index in [9.17, 15) is 13.0 Å². The molecule has 0 atom stereocenters. The molecule has 14 heavy (non-hydrogen) atoms. The predicted octanol–water partition coefficient (Wildman–Crippen LogP) is -4.06. The Morgan fingerprint density at radius 2 is 2.00 bits per heavy atom. The Balaban J connectivity index is 0. The van der Waals surface area contributed by atoms with Crippen molar-refractivity contribution < 1.29 is 52.4 Å². The SMILES string of the molecule is O=S(=O)([O-])CCCOCC#CCO.[Na+]. The van der Waals surface area contributed by atoms with Gasteiger partial charge in [-0.25, -0.2) is 8.42 Å². The zero-order valence-corrected chi connectivity index (χ0v) is 10.8. The van der Waals surface area contributed by atoms with E-state index in [0.717, 1.165) is 0 Å². The second-order valence-corrected chi connectivity index (χ2v) is 3.70. The summed E-state index contributed by atoms with van der Waals surface area (Å²) >= 11 is 0. The van der Waals surface area contributed by atoms with E-state index in [-0.39, 0.29) is 55.8 Å². The van der Waals surface area contributed by atoms with Crippen LogP contribution >= 0.6 is 0 Å². The molecule has 0 bridgehead atoms. The van der Waals surface area contributed by atoms with Gasteiger partial charge in [-0.05, 0) is 6.42 Å². The number of hydrogen-bond donors (Lipinski definition) is 1. The molecule has 5 nitrogen and oxygen atoms in total. The molecule has 0 fully saturated rings. The molecule has 0 heterocycles. The van der Waals surface area contributed by atoms with Crippen molar-refractivity contribution in [1.29, 1.82) is 0 Å². The minimum Gasteiger partial charge on any atom is -0.748 e. The maximum Gasteiger partial charge on any atom is 1.00 e. The number of rotatable bonds is 5. The van der Waals surface area contributed by atoms with E-state index in [0.29, 0.717) is 0 Å². The van der Waals surface area contributed by atoms with Gasteiger partial charge in [-0.3, -0.25) is 0 Å². The van der Waals surface area contributed by atoms with Gasteiger partial charge in [0, 0.05) is 12.4 Å². The largest absolute Gasteiger partial charge is 1.00 e. The van der Waals surface area contributed by atoms with Crippen LogP contribution in [0.3, 0.4) is 0 Å². The van der Waals surface area contributed by atoms with Gasteiger partial charge in [0.25, 0.3) is 0 Å². The molecule has 0 radical (unpaired) electrons. The van der Waals surface area contributed by atoms with Gasteiger partial charge in [-0.1, -0.05) is 11.8 Å². The van der Waals surface area contributed by atoms with Crippen LogP contribution in [0.15, 0.2) is 0 Å². The van der Waals surface area contributed by atoms with Crippen LogP contribution in [-0.4, -0.2) is 43.7 Å². The van der Waals surface area contributed by atoms with E-state index in [1.807, 2.05) is 0 Å². The molecular weight excluding hydrogens is 219 g/mol. The quantitative estimate of drug-likeness (QED) is 0.225. The first-order chi connectivity index (χ1) is 6.06. The Morgan fingerprint density at radius 1 is 1.36 bits per heavy atom. The molecule has 0 rings (SSSR count). The maximum atomic E-state index is 10.1. The van der Waals surface area contributed by atoms with Crippen molar-refractivity contribution >= 4 is 10.1 Å². The van der Waals surface area contributed by atoms with Gasteiger partial charge in [-0.15, -0.1) is 0 Å². The number of hydrogen-bond acceptors (Lipinski definition) is 5. The minimum absolute atomic E-state index is 0. The molecule has 0 amide bonds. The molecular formula is C7H11NaO5S. The summed E-state index contributed by atoms with van der Waals surface area (Å²) in [7, 11) is -4.13. The number of ether oxygens (including phenoxy) is 1. The summed E-state index contributed by atoms with van der Waals surface area (Å²) in [6.07, 6.45) is 0.173. The monoisotopic (exact) mass is 230 g/mol. The van der Waals surface area contributed by atoms with Gasteiger partial charge < -0.3 is 14.4 Å². The first-order valence-electron chi connectivity index (χ1n) is 3.64. The fourth-order valence-corrected chi connectivity index (χ4v) is 1.04. The Kier molecular flexibility index (Phi) is 11.9. The van der Waals surface area contributed by atoms with Crippen LogP contribution in [0.1, 0.15) is 6.42 Å². The Morgan fingerprint density at radius 3 is 2.50 bits per heavy atom. The molecule has 1 N–H and O–H groups in total. The van der Waals surface area contributed by atoms with Gasteiger partial charge >= 0.3 is 29.6 Å². The summed E-state index contributed by atoms with van der Waals surface area (Å²) < 4.78 is 35.1. The average molecular weight is 230 g/mol. The molecule has 0 saturated carbocycles. The van der Waals surface area contributed by atoms with Gasteiger partial charge in [-0.2, -0.15) is 0 Å². The summed E-state index contributed by atoms with van der Waals surface area (Å²) in [6, 6.07) is 0. The maximum absolute atomic E-state index is 10.1. The van der Waals surface area contributed by atoms with Crippen LogP contribution in [-0.2, 0) is 14.9 Å². The van der Waals surface area contributed by atoms with Crippen molar-refractivity contribution in [2.75, 3.05) is 25.6 Å². The van der Waals surface area contributed by atoms with Crippen LogP contribution < -0.4 is 29.6 Å². The second kappa shape index (κ2) is 9.93. The zero-order valence-electron chi connectivity index (χ0n) is 8.02. The molecule has 0 aromatic carbocycles. The molecule has 0 aliphatic carbocycles. The Hall–Kier alpha value is 0.390. The summed E-state index contributed by atoms with van der Waals surface area (Å²) in [4.78, 5) is 0. The average Bonchev–Trinajstić information content (AvgIpc) is 2.01. The third-order valence-electron chi connectivity index (χ3n) is 1.06. The Labute approximate surface area is 106 Å². The van der Waals surface area contributed by atoms with Crippen LogP contribution in [0.5, 0.6) is 0 Å². The summed E-state index contributed by atoms with van der Waals surface area (Å²) in [6.45, 7) is 0.0966. The third-order valence-corrected chi connectivity index (χ3v) is 1.85. The molecule has 76 valence electrons. The molecule has 0 aliphatic heterocycles. The fourth-order valence-electron chi connectivity index (χ4n) is 0.568. The molecule has 0 aromatic heterocycles. The summed E-state index contributed by atoms with van der Waals surface area (Å²) in [5.74, 6) is 4.42. The van der Waals surface area contributed by atoms with Crippen molar-refractivity contribution in [1.82, 2.24) is 0 Å². The molecule has 0 aliphatic rings. The number of aliphatic hydroxyl groups excluding tert-OH is 1. The topological polar surface area (TPSA) is 86.7 Å². The van der Waals surface area contributed by atoms with E-state index < -0.39 is 15.9 Å². The first-order valence-corrected chi connectivity index (χ1v) is 5.22. The van der Waals surface area contributed by atoms with Gasteiger partial charge in [0.1, 0.15) is 13.2 Å². The smallest absolute Gasteiger partial charge is 0.748 e. The summed E-state index contributed by atoms with van der Waals surface area (Å²) in [5, 5.41) is 8.23. The van der Waals surface area contributed by atoms with Crippen LogP contribution in [0.4, 0.5) is 0 Å². The Bertz CT molecular complexity index is 276. The first kappa shape index (κ1) is 16.8. The summed E-state index contributed by atoms with van der Waals surface area (Å²) in [5.41, 5.74) is 0. The van der Waals surface area contributed by atoms with E-state index in [1.165, 1.54) is 0 Å². The second-order valence-electron chi connectivity index (χ2n) is 2.18. The normalized spacial score (nSPS) is 9.86. The van der Waals surface area contributed by atoms with Crippen LogP contribution in [0, 0.1) is 11.8 Å². The van der Waals surface area contributed by atoms with Crippen LogP contribution in [0.25, 0.3) is 0 Å². The molecule has 7 heteroatoms. The molecule has 0 aromatic rings. The van der Waals surface area contributed by atoms with E-state index >= 15 is 0 Å². The van der Waals surface area contributed by atoms with Crippen molar-refractivity contribution in [3.8, 4) is 11.8 Å². The molecule has 0 unspecified atom stereocenters. The van der Waals surface area contributed by atoms with E-state index in [4.69, 9.17) is 9.84 Å². The number of aliphatic hydroxyl groups is 1. The zero-order chi connectivity index (χ0) is 10.2. The van der Waals surface area contributed by atoms with Crippen molar-refractivity contribution in [3.63, 3.8) is 0 Å². The molecule has 0 spiro atoms. The fraction of sp³-hybridized carbons (Fsp3) is 0.714. The molecule has 0 saturated heterocycles. The van der Waals surface area contributed by atoms with Gasteiger partial charge in [0.15, 0.2) is 0 Å². The minimum atomic E-state index is -4.13.